The van der Waals surface area contributed by atoms with Crippen molar-refractivity contribution in [3.8, 4) is 11.3 Å². The third kappa shape index (κ3) is 3.62. The van der Waals surface area contributed by atoms with E-state index in [-0.39, 0.29) is 12.0 Å². The van der Waals surface area contributed by atoms with Gasteiger partial charge in [-0.15, -0.1) is 0 Å². The largest absolute Gasteiger partial charge is 0.356 e. The van der Waals surface area contributed by atoms with Crippen LogP contribution < -0.4 is 4.90 Å². The summed E-state index contributed by atoms with van der Waals surface area (Å²) in [5, 5.41) is 4.03. The van der Waals surface area contributed by atoms with Gasteiger partial charge in [-0.25, -0.2) is 9.97 Å². The minimum atomic E-state index is -0.0380. The summed E-state index contributed by atoms with van der Waals surface area (Å²) in [7, 11) is 3.86. The Morgan fingerprint density at radius 1 is 1.18 bits per heavy atom. The number of rotatable bonds is 4. The van der Waals surface area contributed by atoms with Crippen LogP contribution in [-0.4, -0.2) is 46.6 Å². The van der Waals surface area contributed by atoms with E-state index in [2.05, 4.69) is 15.0 Å². The Balaban J connectivity index is 1.75. The molecule has 150 valence electrons. The highest BCUT2D eigenvalue weighted by Gasteiger charge is 2.36. The van der Waals surface area contributed by atoms with Gasteiger partial charge >= 0.3 is 0 Å². The van der Waals surface area contributed by atoms with Crippen LogP contribution in [0.25, 0.3) is 11.3 Å². The van der Waals surface area contributed by atoms with E-state index >= 15 is 0 Å². The van der Waals surface area contributed by atoms with E-state index in [0.29, 0.717) is 17.6 Å². The maximum Gasteiger partial charge on any atom is 0.226 e. The minimum absolute atomic E-state index is 0.0380. The molecule has 1 atom stereocenters. The molecular formula is C21H29N5O2. The van der Waals surface area contributed by atoms with Gasteiger partial charge in [-0.05, 0) is 39.0 Å². The van der Waals surface area contributed by atoms with Gasteiger partial charge in [0.05, 0.1) is 23.0 Å². The van der Waals surface area contributed by atoms with Crippen LogP contribution in [0.1, 0.15) is 62.4 Å². The molecule has 0 aromatic carbocycles. The number of piperidine rings is 1. The van der Waals surface area contributed by atoms with Crippen LogP contribution in [0.15, 0.2) is 16.8 Å². The van der Waals surface area contributed by atoms with Crippen molar-refractivity contribution in [2.45, 2.75) is 57.9 Å². The second-order valence-corrected chi connectivity index (χ2v) is 8.22. The first-order chi connectivity index (χ1) is 13.5. The Morgan fingerprint density at radius 3 is 2.61 bits per heavy atom. The Labute approximate surface area is 166 Å². The third-order valence-corrected chi connectivity index (χ3v) is 5.90. The summed E-state index contributed by atoms with van der Waals surface area (Å²) in [5.74, 6) is 1.78. The fraction of sp³-hybridized carbons (Fsp3) is 0.619. The van der Waals surface area contributed by atoms with Crippen molar-refractivity contribution < 1.29 is 9.32 Å². The van der Waals surface area contributed by atoms with E-state index in [1.54, 1.807) is 0 Å². The monoisotopic (exact) mass is 383 g/mol. The van der Waals surface area contributed by atoms with Crippen molar-refractivity contribution in [3.05, 3.63) is 23.7 Å². The Bertz CT molecular complexity index is 841. The molecule has 0 radical (unpaired) electrons. The van der Waals surface area contributed by atoms with Crippen molar-refractivity contribution in [1.29, 1.82) is 0 Å². The zero-order chi connectivity index (χ0) is 19.7. The van der Waals surface area contributed by atoms with Crippen LogP contribution >= 0.6 is 0 Å². The summed E-state index contributed by atoms with van der Waals surface area (Å²) in [5.41, 5.74) is 2.53. The lowest BCUT2D eigenvalue weighted by atomic mass is 9.93. The topological polar surface area (TPSA) is 75.4 Å². The predicted octanol–water partition coefficient (Wildman–Crippen LogP) is 3.75. The number of hydrogen-bond donors (Lipinski definition) is 0. The van der Waals surface area contributed by atoms with E-state index in [4.69, 9.17) is 9.51 Å². The summed E-state index contributed by atoms with van der Waals surface area (Å²) < 4.78 is 5.53. The first-order valence-corrected chi connectivity index (χ1v) is 10.3. The number of nitrogens with zero attached hydrogens (tertiary/aromatic N) is 5. The van der Waals surface area contributed by atoms with Gasteiger partial charge in [0.1, 0.15) is 0 Å². The zero-order valence-electron chi connectivity index (χ0n) is 17.0. The van der Waals surface area contributed by atoms with Crippen molar-refractivity contribution in [2.75, 3.05) is 25.5 Å². The molecular weight excluding hydrogens is 354 g/mol. The predicted molar refractivity (Wildman–Crippen MR) is 107 cm³/mol. The second kappa shape index (κ2) is 7.89. The van der Waals surface area contributed by atoms with Gasteiger partial charge in [-0.2, -0.15) is 0 Å². The van der Waals surface area contributed by atoms with Gasteiger partial charge in [-0.3, -0.25) is 4.79 Å². The van der Waals surface area contributed by atoms with Crippen molar-refractivity contribution >= 4 is 11.9 Å². The van der Waals surface area contributed by atoms with E-state index in [1.165, 1.54) is 0 Å². The molecule has 7 heteroatoms. The fourth-order valence-electron chi connectivity index (χ4n) is 4.42. The van der Waals surface area contributed by atoms with Crippen molar-refractivity contribution in [3.63, 3.8) is 0 Å². The summed E-state index contributed by atoms with van der Waals surface area (Å²) in [6, 6.07) is 1.87. The third-order valence-electron chi connectivity index (χ3n) is 5.90. The zero-order valence-corrected chi connectivity index (χ0v) is 17.0. The molecule has 1 saturated heterocycles. The van der Waals surface area contributed by atoms with Gasteiger partial charge in [-0.1, -0.05) is 18.0 Å². The van der Waals surface area contributed by atoms with Crippen molar-refractivity contribution in [2.24, 2.45) is 5.92 Å². The minimum Gasteiger partial charge on any atom is -0.356 e. The molecule has 1 saturated carbocycles. The first kappa shape index (κ1) is 18.9. The maximum absolute atomic E-state index is 13.3. The van der Waals surface area contributed by atoms with Gasteiger partial charge < -0.3 is 14.3 Å². The maximum atomic E-state index is 13.3. The van der Waals surface area contributed by atoms with Gasteiger partial charge in [0.25, 0.3) is 0 Å². The molecule has 2 aromatic rings. The number of aromatic nitrogens is 3. The SMILES string of the molecule is Cc1cc(-c2cnc(N(C)C)nc2C2CCCCN2C(=O)C2CCCC2)on1. The molecule has 2 aromatic heterocycles. The average Bonchev–Trinajstić information content (AvgIpc) is 3.39. The Kier molecular flexibility index (Phi) is 5.33. The molecule has 1 unspecified atom stereocenters. The first-order valence-electron chi connectivity index (χ1n) is 10.3. The molecule has 0 spiro atoms. The Morgan fingerprint density at radius 2 is 1.93 bits per heavy atom. The standard InChI is InChI=1S/C21H29N5O2/c1-14-12-18(28-24-14)16-13-22-21(25(2)3)23-19(16)17-10-6-7-11-26(17)20(27)15-8-4-5-9-15/h12-13,15,17H,4-11H2,1-3H3. The number of carbonyl (C=O) groups excluding carboxylic acids is 1. The lowest BCUT2D eigenvalue weighted by Crippen LogP contribution is -2.42. The smallest absolute Gasteiger partial charge is 0.226 e. The lowest BCUT2D eigenvalue weighted by Gasteiger charge is -2.37. The normalized spacial score (nSPS) is 20.5. The molecule has 0 N–H and O–H groups in total. The van der Waals surface area contributed by atoms with Crippen molar-refractivity contribution in [1.82, 2.24) is 20.0 Å². The van der Waals surface area contributed by atoms with Crippen LogP contribution in [-0.2, 0) is 4.79 Å². The number of amides is 1. The highest BCUT2D eigenvalue weighted by molar-refractivity contribution is 5.80. The van der Waals surface area contributed by atoms with Gasteiger partial charge in [0, 0.05) is 38.8 Å². The van der Waals surface area contributed by atoms with E-state index in [9.17, 15) is 4.79 Å². The quantitative estimate of drug-likeness (QED) is 0.800. The Hall–Kier alpha value is -2.44. The molecule has 1 aliphatic carbocycles. The van der Waals surface area contributed by atoms with E-state index < -0.39 is 0 Å². The molecule has 2 fully saturated rings. The fourth-order valence-corrected chi connectivity index (χ4v) is 4.42. The van der Waals surface area contributed by atoms with Gasteiger partial charge in [0.15, 0.2) is 5.76 Å². The van der Waals surface area contributed by atoms with E-state index in [1.807, 2.05) is 38.2 Å². The van der Waals surface area contributed by atoms with Crippen LogP contribution in [0.2, 0.25) is 0 Å². The highest BCUT2D eigenvalue weighted by Crippen LogP contribution is 2.39. The lowest BCUT2D eigenvalue weighted by molar-refractivity contribution is -0.139. The molecule has 2 aliphatic rings. The van der Waals surface area contributed by atoms with Crippen LogP contribution in [0.4, 0.5) is 5.95 Å². The number of likely N-dealkylation sites (tertiary alicyclic amines) is 1. The molecule has 1 aliphatic heterocycles. The molecule has 1 amide bonds. The van der Waals surface area contributed by atoms with Crippen LogP contribution in [0.5, 0.6) is 0 Å². The summed E-state index contributed by atoms with van der Waals surface area (Å²) >= 11 is 0. The molecule has 28 heavy (non-hydrogen) atoms. The number of carbonyl (C=O) groups is 1. The second-order valence-electron chi connectivity index (χ2n) is 8.22. The van der Waals surface area contributed by atoms with Gasteiger partial charge in [0.2, 0.25) is 11.9 Å². The highest BCUT2D eigenvalue weighted by atomic mass is 16.5. The van der Waals surface area contributed by atoms with E-state index in [0.717, 1.165) is 68.4 Å². The molecule has 3 heterocycles. The summed E-state index contributed by atoms with van der Waals surface area (Å²) in [6.45, 7) is 2.70. The molecule has 0 bridgehead atoms. The number of anilines is 1. The molecule has 7 nitrogen and oxygen atoms in total. The number of hydrogen-bond acceptors (Lipinski definition) is 6. The summed E-state index contributed by atoms with van der Waals surface area (Å²) in [6.07, 6.45) is 9.23. The van der Waals surface area contributed by atoms with Crippen LogP contribution in [0, 0.1) is 12.8 Å². The summed E-state index contributed by atoms with van der Waals surface area (Å²) in [4.78, 5) is 26.6. The van der Waals surface area contributed by atoms with Crippen LogP contribution in [0.3, 0.4) is 0 Å². The number of aryl methyl sites for hydroxylation is 1. The average molecular weight is 383 g/mol. The molecule has 4 rings (SSSR count).